The first kappa shape index (κ1) is 20.6. The van der Waals surface area contributed by atoms with E-state index in [1.807, 2.05) is 50.2 Å². The zero-order valence-electron chi connectivity index (χ0n) is 17.2. The lowest BCUT2D eigenvalue weighted by atomic mass is 10.1. The van der Waals surface area contributed by atoms with Crippen molar-refractivity contribution in [2.45, 2.75) is 31.2 Å². The van der Waals surface area contributed by atoms with Crippen molar-refractivity contribution in [2.75, 3.05) is 5.32 Å². The van der Waals surface area contributed by atoms with Gasteiger partial charge < -0.3 is 5.32 Å². The van der Waals surface area contributed by atoms with Crippen LogP contribution in [0.15, 0.2) is 59.8 Å². The summed E-state index contributed by atoms with van der Waals surface area (Å²) in [5, 5.41) is 16.8. The molecular weight excluding hydrogens is 408 g/mol. The summed E-state index contributed by atoms with van der Waals surface area (Å²) in [6.45, 7) is 3.90. The number of thioether (sulfide) groups is 1. The number of anilines is 1. The molecule has 0 atom stereocenters. The highest BCUT2D eigenvalue weighted by atomic mass is 32.2. The lowest BCUT2D eigenvalue weighted by Crippen LogP contribution is -2.14. The van der Waals surface area contributed by atoms with E-state index in [9.17, 15) is 4.79 Å². The van der Waals surface area contributed by atoms with Crippen LogP contribution in [0.3, 0.4) is 0 Å². The van der Waals surface area contributed by atoms with Crippen molar-refractivity contribution in [1.29, 1.82) is 5.26 Å². The highest BCUT2D eigenvalue weighted by Crippen LogP contribution is 2.23. The van der Waals surface area contributed by atoms with Crippen molar-refractivity contribution in [3.8, 4) is 6.07 Å². The molecule has 154 valence electrons. The van der Waals surface area contributed by atoms with Gasteiger partial charge >= 0.3 is 0 Å². The number of aryl methyl sites for hydroxylation is 2. The van der Waals surface area contributed by atoms with Gasteiger partial charge in [0.05, 0.1) is 12.5 Å². The Bertz CT molecular complexity index is 1290. The molecule has 7 nitrogen and oxygen atoms in total. The summed E-state index contributed by atoms with van der Waals surface area (Å²) in [7, 11) is 0. The molecule has 2 heterocycles. The largest absolute Gasteiger partial charge is 0.322 e. The van der Waals surface area contributed by atoms with Gasteiger partial charge in [0.1, 0.15) is 0 Å². The van der Waals surface area contributed by atoms with E-state index in [4.69, 9.17) is 5.26 Å². The molecule has 2 aromatic carbocycles. The highest BCUT2D eigenvalue weighted by molar-refractivity contribution is 7.98. The number of carbonyl (C=O) groups excluding carboxylic acids is 1. The van der Waals surface area contributed by atoms with Crippen molar-refractivity contribution in [3.05, 3.63) is 82.7 Å². The maximum Gasteiger partial charge on any atom is 0.255 e. The van der Waals surface area contributed by atoms with Gasteiger partial charge in [-0.2, -0.15) is 10.2 Å². The molecule has 0 fully saturated rings. The molecule has 0 aliphatic carbocycles. The molecular formula is C23H20N6OS. The van der Waals surface area contributed by atoms with E-state index in [-0.39, 0.29) is 5.91 Å². The number of hydrogen-bond donors (Lipinski definition) is 1. The quantitative estimate of drug-likeness (QED) is 0.459. The van der Waals surface area contributed by atoms with Crippen LogP contribution in [0.2, 0.25) is 0 Å². The molecule has 31 heavy (non-hydrogen) atoms. The van der Waals surface area contributed by atoms with E-state index >= 15 is 0 Å². The van der Waals surface area contributed by atoms with E-state index in [0.717, 1.165) is 22.5 Å². The molecule has 0 unspecified atom stereocenters. The summed E-state index contributed by atoms with van der Waals surface area (Å²) in [6.07, 6.45) is 0.347. The fraction of sp³-hybridized carbons (Fsp3) is 0.174. The van der Waals surface area contributed by atoms with E-state index in [2.05, 4.69) is 26.5 Å². The number of nitrogens with zero attached hydrogens (tertiary/aromatic N) is 5. The highest BCUT2D eigenvalue weighted by Gasteiger charge is 2.14. The van der Waals surface area contributed by atoms with Gasteiger partial charge in [-0.3, -0.25) is 4.79 Å². The van der Waals surface area contributed by atoms with Gasteiger partial charge in [-0.1, -0.05) is 42.1 Å². The van der Waals surface area contributed by atoms with Crippen LogP contribution in [-0.4, -0.2) is 25.5 Å². The summed E-state index contributed by atoms with van der Waals surface area (Å²) in [5.41, 5.74) is 4.97. The second kappa shape index (κ2) is 8.98. The third-order valence-electron chi connectivity index (χ3n) is 4.71. The molecule has 0 saturated heterocycles. The maximum absolute atomic E-state index is 12.9. The van der Waals surface area contributed by atoms with E-state index in [0.29, 0.717) is 34.4 Å². The van der Waals surface area contributed by atoms with Gasteiger partial charge in [0, 0.05) is 28.4 Å². The average Bonchev–Trinajstić information content (AvgIpc) is 3.17. The summed E-state index contributed by atoms with van der Waals surface area (Å²) in [5.74, 6) is 0.950. The Balaban J connectivity index is 1.49. The number of benzene rings is 2. The van der Waals surface area contributed by atoms with Gasteiger partial charge in [0.25, 0.3) is 11.7 Å². The normalized spacial score (nSPS) is 10.7. The van der Waals surface area contributed by atoms with Crippen LogP contribution in [0.4, 0.5) is 5.69 Å². The summed E-state index contributed by atoms with van der Waals surface area (Å²) in [6, 6.07) is 18.9. The molecule has 0 aliphatic heterocycles. The van der Waals surface area contributed by atoms with Crippen LogP contribution in [0, 0.1) is 25.2 Å². The third-order valence-corrected chi connectivity index (χ3v) is 5.60. The zero-order chi connectivity index (χ0) is 21.8. The fourth-order valence-corrected chi connectivity index (χ4v) is 4.04. The second-order valence-corrected chi connectivity index (χ2v) is 8.02. The molecule has 4 aromatic rings. The standard InChI is InChI=1S/C23H20N6OS/c1-15-13-16(2)29-22(25-15)27-23(28-29)31-14-18-5-3-4-6-20(18)21(30)26-19-9-7-17(8-10-19)11-12-24/h3-10,13H,11,14H2,1-2H3,(H,26,30). The summed E-state index contributed by atoms with van der Waals surface area (Å²) in [4.78, 5) is 21.8. The maximum atomic E-state index is 12.9. The Labute approximate surface area is 184 Å². The smallest absolute Gasteiger partial charge is 0.255 e. The first-order chi connectivity index (χ1) is 15.0. The Morgan fingerprint density at radius 1 is 1.13 bits per heavy atom. The van der Waals surface area contributed by atoms with Crippen molar-refractivity contribution >= 4 is 29.1 Å². The van der Waals surface area contributed by atoms with Crippen LogP contribution in [0.5, 0.6) is 0 Å². The third kappa shape index (κ3) is 4.73. The monoisotopic (exact) mass is 428 g/mol. The molecule has 0 radical (unpaired) electrons. The van der Waals surface area contributed by atoms with Gasteiger partial charge in [-0.15, -0.1) is 5.10 Å². The number of rotatable bonds is 6. The number of nitriles is 1. The molecule has 0 bridgehead atoms. The number of fused-ring (bicyclic) bond motifs is 1. The topological polar surface area (TPSA) is 96.0 Å². The Morgan fingerprint density at radius 3 is 2.68 bits per heavy atom. The van der Waals surface area contributed by atoms with Crippen LogP contribution >= 0.6 is 11.8 Å². The van der Waals surface area contributed by atoms with Crippen molar-refractivity contribution in [1.82, 2.24) is 19.6 Å². The summed E-state index contributed by atoms with van der Waals surface area (Å²) < 4.78 is 1.73. The number of hydrogen-bond acceptors (Lipinski definition) is 6. The van der Waals surface area contributed by atoms with E-state index < -0.39 is 0 Å². The molecule has 1 amide bonds. The minimum atomic E-state index is -0.180. The SMILES string of the molecule is Cc1cc(C)n2nc(SCc3ccccc3C(=O)Nc3ccc(CC#N)cc3)nc2n1. The minimum Gasteiger partial charge on any atom is -0.322 e. The predicted molar refractivity (Wildman–Crippen MR) is 120 cm³/mol. The van der Waals surface area contributed by atoms with Crippen molar-refractivity contribution < 1.29 is 4.79 Å². The number of amides is 1. The lowest BCUT2D eigenvalue weighted by molar-refractivity contribution is 0.102. The van der Waals surface area contributed by atoms with Crippen LogP contribution < -0.4 is 5.32 Å². The van der Waals surface area contributed by atoms with E-state index in [1.165, 1.54) is 11.8 Å². The molecule has 2 aromatic heterocycles. The van der Waals surface area contributed by atoms with Crippen molar-refractivity contribution in [3.63, 3.8) is 0 Å². The number of carbonyl (C=O) groups is 1. The second-order valence-electron chi connectivity index (χ2n) is 7.08. The number of aromatic nitrogens is 4. The van der Waals surface area contributed by atoms with Gasteiger partial charge in [-0.25, -0.2) is 9.50 Å². The molecule has 0 spiro atoms. The Kier molecular flexibility index (Phi) is 5.96. The average molecular weight is 429 g/mol. The Hall–Kier alpha value is -3.70. The van der Waals surface area contributed by atoms with Crippen LogP contribution in [0.25, 0.3) is 5.78 Å². The summed E-state index contributed by atoms with van der Waals surface area (Å²) >= 11 is 1.47. The predicted octanol–water partition coefficient (Wildman–Crippen LogP) is 4.35. The fourth-order valence-electron chi connectivity index (χ4n) is 3.21. The van der Waals surface area contributed by atoms with Gasteiger partial charge in [0.15, 0.2) is 0 Å². The van der Waals surface area contributed by atoms with Gasteiger partial charge in [-0.05, 0) is 49.2 Å². The molecule has 4 rings (SSSR count). The molecule has 0 saturated carbocycles. The Morgan fingerprint density at radius 2 is 1.90 bits per heavy atom. The first-order valence-electron chi connectivity index (χ1n) is 9.72. The van der Waals surface area contributed by atoms with Crippen molar-refractivity contribution in [2.24, 2.45) is 0 Å². The molecule has 8 heteroatoms. The minimum absolute atomic E-state index is 0.180. The van der Waals surface area contributed by atoms with Crippen LogP contribution in [0.1, 0.15) is 32.9 Å². The lowest BCUT2D eigenvalue weighted by Gasteiger charge is -2.10. The number of nitrogens with one attached hydrogen (secondary N) is 1. The van der Waals surface area contributed by atoms with E-state index in [1.54, 1.807) is 22.7 Å². The first-order valence-corrected chi connectivity index (χ1v) is 10.7. The molecule has 1 N–H and O–H groups in total. The van der Waals surface area contributed by atoms with Gasteiger partial charge in [0.2, 0.25) is 5.16 Å². The molecule has 0 aliphatic rings. The zero-order valence-corrected chi connectivity index (χ0v) is 18.0. The van der Waals surface area contributed by atoms with Crippen LogP contribution in [-0.2, 0) is 12.2 Å².